The molecule has 0 bridgehead atoms. The van der Waals surface area contributed by atoms with Crippen molar-refractivity contribution in [2.24, 2.45) is 5.10 Å². The van der Waals surface area contributed by atoms with Crippen LogP contribution in [0.4, 0.5) is 5.69 Å². The number of rotatable bonds is 5. The standard InChI is InChI=1S/C23H27N3O2/c1-28-22-12-8-18(14-20(22)17-4-2-3-5-17)21-11-13-23(27)26(25-21)15-16-6-9-19(24)10-7-16/h6-10,12,14,17H,2-5,11,13,15,24H2,1H3. The first kappa shape index (κ1) is 18.5. The van der Waals surface area contributed by atoms with Crippen LogP contribution in [-0.4, -0.2) is 23.7 Å². The van der Waals surface area contributed by atoms with E-state index >= 15 is 0 Å². The summed E-state index contributed by atoms with van der Waals surface area (Å²) in [7, 11) is 1.73. The molecule has 2 aliphatic rings. The van der Waals surface area contributed by atoms with Gasteiger partial charge in [0.05, 0.1) is 19.4 Å². The van der Waals surface area contributed by atoms with E-state index in [-0.39, 0.29) is 5.91 Å². The smallest absolute Gasteiger partial charge is 0.243 e. The number of ether oxygens (including phenoxy) is 1. The van der Waals surface area contributed by atoms with Crippen molar-refractivity contribution in [1.29, 1.82) is 0 Å². The van der Waals surface area contributed by atoms with Crippen LogP contribution in [-0.2, 0) is 11.3 Å². The summed E-state index contributed by atoms with van der Waals surface area (Å²) < 4.78 is 5.61. The van der Waals surface area contributed by atoms with Gasteiger partial charge in [0.25, 0.3) is 0 Å². The molecule has 5 heteroatoms. The monoisotopic (exact) mass is 377 g/mol. The highest BCUT2D eigenvalue weighted by molar-refractivity contribution is 6.04. The molecular formula is C23H27N3O2. The topological polar surface area (TPSA) is 67.9 Å². The van der Waals surface area contributed by atoms with Crippen LogP contribution in [0.2, 0.25) is 0 Å². The predicted octanol–water partition coefficient (Wildman–Crippen LogP) is 4.46. The molecule has 0 radical (unpaired) electrons. The minimum Gasteiger partial charge on any atom is -0.496 e. The summed E-state index contributed by atoms with van der Waals surface area (Å²) in [5.41, 5.74) is 10.8. The summed E-state index contributed by atoms with van der Waals surface area (Å²) in [6.07, 6.45) is 6.15. The minimum absolute atomic E-state index is 0.0603. The molecule has 1 heterocycles. The van der Waals surface area contributed by atoms with Crippen molar-refractivity contribution in [1.82, 2.24) is 5.01 Å². The van der Waals surface area contributed by atoms with Crippen LogP contribution < -0.4 is 10.5 Å². The molecule has 0 spiro atoms. The molecule has 2 aromatic carbocycles. The second-order valence-electron chi connectivity index (χ2n) is 7.68. The largest absolute Gasteiger partial charge is 0.496 e. The van der Waals surface area contributed by atoms with Gasteiger partial charge in [-0.3, -0.25) is 4.79 Å². The SMILES string of the molecule is COc1ccc(C2=NN(Cc3ccc(N)cc3)C(=O)CC2)cc1C1CCCC1. The molecule has 4 rings (SSSR count). The lowest BCUT2D eigenvalue weighted by Crippen LogP contribution is -2.31. The Bertz CT molecular complexity index is 883. The van der Waals surface area contributed by atoms with E-state index in [4.69, 9.17) is 15.6 Å². The average Bonchev–Trinajstić information content (AvgIpc) is 3.25. The van der Waals surface area contributed by atoms with Crippen LogP contribution in [0.5, 0.6) is 5.75 Å². The summed E-state index contributed by atoms with van der Waals surface area (Å²) in [5.74, 6) is 1.58. The molecule has 0 saturated heterocycles. The van der Waals surface area contributed by atoms with Crippen molar-refractivity contribution in [3.63, 3.8) is 0 Å². The normalized spacial score (nSPS) is 17.7. The number of carbonyl (C=O) groups excluding carboxylic acids is 1. The van der Waals surface area contributed by atoms with Gasteiger partial charge in [0, 0.05) is 18.5 Å². The van der Waals surface area contributed by atoms with Gasteiger partial charge in [-0.2, -0.15) is 5.10 Å². The first-order chi connectivity index (χ1) is 13.6. The van der Waals surface area contributed by atoms with E-state index in [1.807, 2.05) is 30.3 Å². The molecule has 1 fully saturated rings. The number of nitrogens with two attached hydrogens (primary N) is 1. The first-order valence-corrected chi connectivity index (χ1v) is 10.0. The van der Waals surface area contributed by atoms with Crippen molar-refractivity contribution < 1.29 is 9.53 Å². The molecule has 146 valence electrons. The molecule has 28 heavy (non-hydrogen) atoms. The van der Waals surface area contributed by atoms with Crippen LogP contribution in [0, 0.1) is 0 Å². The van der Waals surface area contributed by atoms with Crippen molar-refractivity contribution in [2.75, 3.05) is 12.8 Å². The molecule has 5 nitrogen and oxygen atoms in total. The second-order valence-corrected chi connectivity index (χ2v) is 7.68. The van der Waals surface area contributed by atoms with Gasteiger partial charge in [0.15, 0.2) is 0 Å². The fraction of sp³-hybridized carbons (Fsp3) is 0.391. The number of hydrogen-bond donors (Lipinski definition) is 1. The molecular weight excluding hydrogens is 350 g/mol. The Hall–Kier alpha value is -2.82. The maximum Gasteiger partial charge on any atom is 0.243 e. The maximum absolute atomic E-state index is 12.4. The second kappa shape index (κ2) is 8.05. The Kier molecular flexibility index (Phi) is 5.33. The van der Waals surface area contributed by atoms with E-state index in [9.17, 15) is 4.79 Å². The quantitative estimate of drug-likeness (QED) is 0.782. The first-order valence-electron chi connectivity index (χ1n) is 10.0. The van der Waals surface area contributed by atoms with Gasteiger partial charge in [-0.1, -0.05) is 25.0 Å². The van der Waals surface area contributed by atoms with E-state index in [0.29, 0.717) is 25.3 Å². The van der Waals surface area contributed by atoms with Gasteiger partial charge in [-0.25, -0.2) is 5.01 Å². The number of amides is 1. The summed E-state index contributed by atoms with van der Waals surface area (Å²) in [4.78, 5) is 12.4. The molecule has 0 unspecified atom stereocenters. The van der Waals surface area contributed by atoms with E-state index < -0.39 is 0 Å². The van der Waals surface area contributed by atoms with Crippen molar-refractivity contribution in [3.05, 3.63) is 59.2 Å². The van der Waals surface area contributed by atoms with E-state index in [0.717, 1.165) is 28.3 Å². The number of benzene rings is 2. The van der Waals surface area contributed by atoms with E-state index in [1.54, 1.807) is 12.1 Å². The van der Waals surface area contributed by atoms with Crippen LogP contribution in [0.1, 0.15) is 61.1 Å². The molecule has 0 atom stereocenters. The lowest BCUT2D eigenvalue weighted by Gasteiger charge is -2.24. The summed E-state index contributed by atoms with van der Waals surface area (Å²) >= 11 is 0. The van der Waals surface area contributed by atoms with Crippen LogP contribution in [0.15, 0.2) is 47.6 Å². The zero-order valence-corrected chi connectivity index (χ0v) is 16.4. The zero-order valence-electron chi connectivity index (χ0n) is 16.4. The highest BCUT2D eigenvalue weighted by Gasteiger charge is 2.24. The summed E-state index contributed by atoms with van der Waals surface area (Å²) in [6.45, 7) is 0.467. The maximum atomic E-state index is 12.4. The Labute approximate surface area is 166 Å². The summed E-state index contributed by atoms with van der Waals surface area (Å²) in [6, 6.07) is 13.9. The minimum atomic E-state index is 0.0603. The zero-order chi connectivity index (χ0) is 19.5. The van der Waals surface area contributed by atoms with Crippen LogP contribution >= 0.6 is 0 Å². The summed E-state index contributed by atoms with van der Waals surface area (Å²) in [5, 5.41) is 6.29. The van der Waals surface area contributed by atoms with Crippen LogP contribution in [0.25, 0.3) is 0 Å². The Morgan fingerprint density at radius 2 is 1.86 bits per heavy atom. The number of nitrogen functional groups attached to an aromatic ring is 1. The average molecular weight is 377 g/mol. The molecule has 1 aliphatic heterocycles. The number of nitrogens with zero attached hydrogens (tertiary/aromatic N) is 2. The number of carbonyl (C=O) groups is 1. The van der Waals surface area contributed by atoms with Gasteiger partial charge in [-0.15, -0.1) is 0 Å². The number of hydrazone groups is 1. The molecule has 2 aromatic rings. The van der Waals surface area contributed by atoms with Crippen LogP contribution in [0.3, 0.4) is 0 Å². The number of anilines is 1. The highest BCUT2D eigenvalue weighted by Crippen LogP contribution is 2.39. The molecule has 2 N–H and O–H groups in total. The number of methoxy groups -OCH3 is 1. The van der Waals surface area contributed by atoms with Crippen molar-refractivity contribution >= 4 is 17.3 Å². The third-order valence-electron chi connectivity index (χ3n) is 5.77. The molecule has 1 amide bonds. The van der Waals surface area contributed by atoms with Gasteiger partial charge in [-0.05, 0) is 65.8 Å². The van der Waals surface area contributed by atoms with Gasteiger partial charge in [0.1, 0.15) is 5.75 Å². The Balaban J connectivity index is 1.61. The third kappa shape index (κ3) is 3.88. The fourth-order valence-electron chi connectivity index (χ4n) is 4.20. The van der Waals surface area contributed by atoms with Gasteiger partial charge in [0.2, 0.25) is 5.91 Å². The van der Waals surface area contributed by atoms with Crippen molar-refractivity contribution in [2.45, 2.75) is 51.0 Å². The Morgan fingerprint density at radius 3 is 2.57 bits per heavy atom. The van der Waals surface area contributed by atoms with E-state index in [2.05, 4.69) is 12.1 Å². The number of hydrogen-bond acceptors (Lipinski definition) is 4. The van der Waals surface area contributed by atoms with Crippen molar-refractivity contribution in [3.8, 4) is 5.75 Å². The van der Waals surface area contributed by atoms with Gasteiger partial charge < -0.3 is 10.5 Å². The highest BCUT2D eigenvalue weighted by atomic mass is 16.5. The van der Waals surface area contributed by atoms with E-state index in [1.165, 1.54) is 31.2 Å². The predicted molar refractivity (Wildman–Crippen MR) is 111 cm³/mol. The third-order valence-corrected chi connectivity index (χ3v) is 5.77. The molecule has 0 aromatic heterocycles. The fourth-order valence-corrected chi connectivity index (χ4v) is 4.20. The van der Waals surface area contributed by atoms with Gasteiger partial charge >= 0.3 is 0 Å². The lowest BCUT2D eigenvalue weighted by atomic mass is 9.92. The molecule has 1 saturated carbocycles. The lowest BCUT2D eigenvalue weighted by molar-refractivity contribution is -0.132. The molecule has 1 aliphatic carbocycles. The Morgan fingerprint density at radius 1 is 1.11 bits per heavy atom.